The molecule has 5 heteroatoms. The zero-order valence-corrected chi connectivity index (χ0v) is 9.83. The Morgan fingerprint density at radius 1 is 1.35 bits per heavy atom. The highest BCUT2D eigenvalue weighted by molar-refractivity contribution is 5.61. The zero-order chi connectivity index (χ0) is 12.5. The molecule has 0 radical (unpaired) electrons. The molecule has 1 saturated heterocycles. The Morgan fingerprint density at radius 3 is 2.71 bits per heavy atom. The van der Waals surface area contributed by atoms with Gasteiger partial charge in [-0.25, -0.2) is 0 Å². The Balaban J connectivity index is 2.48. The van der Waals surface area contributed by atoms with Crippen LogP contribution in [0.1, 0.15) is 26.2 Å². The first kappa shape index (κ1) is 12.0. The minimum absolute atomic E-state index is 0.0590. The number of nitro benzene ring substituents is 1. The zero-order valence-electron chi connectivity index (χ0n) is 9.83. The molecule has 1 aromatic carbocycles. The van der Waals surface area contributed by atoms with Crippen molar-refractivity contribution in [2.45, 2.75) is 32.2 Å². The SMILES string of the molecule is CC1CCCC[N+]1([O-])c1ccccc1[N+](=O)[O-]. The molecule has 1 aromatic rings. The lowest BCUT2D eigenvalue weighted by atomic mass is 10.0. The number of quaternary nitrogens is 1. The molecular formula is C12H16N2O3. The first-order valence-electron chi connectivity index (χ1n) is 5.88. The number of rotatable bonds is 2. The van der Waals surface area contributed by atoms with E-state index in [0.717, 1.165) is 19.3 Å². The minimum Gasteiger partial charge on any atom is -0.627 e. The molecule has 0 aromatic heterocycles. The molecule has 1 fully saturated rings. The molecule has 1 aliphatic heterocycles. The number of hydrogen-bond acceptors (Lipinski definition) is 3. The second-order valence-corrected chi connectivity index (χ2v) is 4.61. The van der Waals surface area contributed by atoms with Crippen LogP contribution in [0.3, 0.4) is 0 Å². The Labute approximate surface area is 100.0 Å². The lowest BCUT2D eigenvalue weighted by molar-refractivity contribution is -0.384. The van der Waals surface area contributed by atoms with Crippen LogP contribution in [-0.4, -0.2) is 17.5 Å². The largest absolute Gasteiger partial charge is 0.627 e. The van der Waals surface area contributed by atoms with Crippen LogP contribution in [-0.2, 0) is 0 Å². The molecular weight excluding hydrogens is 220 g/mol. The first-order chi connectivity index (χ1) is 8.05. The van der Waals surface area contributed by atoms with E-state index < -0.39 is 9.57 Å². The summed E-state index contributed by atoms with van der Waals surface area (Å²) in [6.45, 7) is 2.31. The maximum absolute atomic E-state index is 12.8. The summed E-state index contributed by atoms with van der Waals surface area (Å²) in [4.78, 5) is 10.5. The number of piperidine rings is 1. The highest BCUT2D eigenvalue weighted by Crippen LogP contribution is 2.38. The number of hydrogen-bond donors (Lipinski definition) is 0. The van der Waals surface area contributed by atoms with Crippen LogP contribution in [0.15, 0.2) is 24.3 Å². The summed E-state index contributed by atoms with van der Waals surface area (Å²) in [6.07, 6.45) is 2.69. The van der Waals surface area contributed by atoms with Gasteiger partial charge < -0.3 is 9.85 Å². The van der Waals surface area contributed by atoms with Crippen molar-refractivity contribution in [1.29, 1.82) is 0 Å². The van der Waals surface area contributed by atoms with Crippen LogP contribution in [0.5, 0.6) is 0 Å². The van der Waals surface area contributed by atoms with Crippen LogP contribution in [0.2, 0.25) is 0 Å². The first-order valence-corrected chi connectivity index (χ1v) is 5.88. The van der Waals surface area contributed by atoms with Gasteiger partial charge in [-0.1, -0.05) is 12.1 Å². The van der Waals surface area contributed by atoms with Gasteiger partial charge in [-0.05, 0) is 19.8 Å². The van der Waals surface area contributed by atoms with E-state index in [1.54, 1.807) is 18.2 Å². The van der Waals surface area contributed by atoms with Crippen LogP contribution < -0.4 is 4.65 Å². The van der Waals surface area contributed by atoms with Gasteiger partial charge in [0, 0.05) is 18.6 Å². The van der Waals surface area contributed by atoms with Crippen molar-refractivity contribution in [2.75, 3.05) is 6.54 Å². The molecule has 2 rings (SSSR count). The van der Waals surface area contributed by atoms with Crippen molar-refractivity contribution in [3.8, 4) is 0 Å². The van der Waals surface area contributed by atoms with Gasteiger partial charge in [-0.15, -0.1) is 0 Å². The van der Waals surface area contributed by atoms with E-state index in [1.807, 2.05) is 6.92 Å². The van der Waals surface area contributed by atoms with E-state index in [0.29, 0.717) is 12.2 Å². The molecule has 0 N–H and O–H groups in total. The van der Waals surface area contributed by atoms with Gasteiger partial charge in [-0.3, -0.25) is 10.1 Å². The monoisotopic (exact) mass is 236 g/mol. The van der Waals surface area contributed by atoms with E-state index in [4.69, 9.17) is 0 Å². The molecule has 2 unspecified atom stereocenters. The highest BCUT2D eigenvalue weighted by Gasteiger charge is 2.36. The summed E-state index contributed by atoms with van der Waals surface area (Å²) < 4.78 is -0.558. The summed E-state index contributed by atoms with van der Waals surface area (Å²) >= 11 is 0. The summed E-state index contributed by atoms with van der Waals surface area (Å²) in [5.41, 5.74) is 0.237. The van der Waals surface area contributed by atoms with Crippen LogP contribution in [0.4, 0.5) is 11.4 Å². The van der Waals surface area contributed by atoms with Gasteiger partial charge in [0.05, 0.1) is 17.5 Å². The molecule has 1 heterocycles. The van der Waals surface area contributed by atoms with E-state index in [9.17, 15) is 15.3 Å². The third-order valence-corrected chi connectivity index (χ3v) is 3.56. The van der Waals surface area contributed by atoms with E-state index >= 15 is 0 Å². The minimum atomic E-state index is -0.558. The van der Waals surface area contributed by atoms with E-state index in [2.05, 4.69) is 0 Å². The van der Waals surface area contributed by atoms with E-state index in [-0.39, 0.29) is 11.7 Å². The van der Waals surface area contributed by atoms with Crippen LogP contribution >= 0.6 is 0 Å². The number of hydroxylamine groups is 2. The maximum Gasteiger partial charge on any atom is 0.329 e. The second-order valence-electron chi connectivity index (χ2n) is 4.61. The van der Waals surface area contributed by atoms with E-state index in [1.165, 1.54) is 6.07 Å². The van der Waals surface area contributed by atoms with Gasteiger partial charge in [0.2, 0.25) is 5.69 Å². The van der Waals surface area contributed by atoms with Gasteiger partial charge in [0.15, 0.2) is 0 Å². The second kappa shape index (κ2) is 4.43. The third-order valence-electron chi connectivity index (χ3n) is 3.56. The number of para-hydroxylation sites is 2. The van der Waals surface area contributed by atoms with Crippen molar-refractivity contribution in [2.24, 2.45) is 0 Å². The van der Waals surface area contributed by atoms with Gasteiger partial charge in [0.25, 0.3) is 0 Å². The molecule has 0 spiro atoms. The average molecular weight is 236 g/mol. The normalized spacial score (nSPS) is 28.9. The number of benzene rings is 1. The quantitative estimate of drug-likeness (QED) is 0.343. The Kier molecular flexibility index (Phi) is 3.13. The van der Waals surface area contributed by atoms with Crippen molar-refractivity contribution in [3.05, 3.63) is 39.6 Å². The van der Waals surface area contributed by atoms with Crippen molar-refractivity contribution in [1.82, 2.24) is 4.65 Å². The lowest BCUT2D eigenvalue weighted by Gasteiger charge is -2.49. The van der Waals surface area contributed by atoms with Crippen molar-refractivity contribution in [3.63, 3.8) is 0 Å². The van der Waals surface area contributed by atoms with Gasteiger partial charge in [-0.2, -0.15) is 0 Å². The molecule has 0 aliphatic carbocycles. The molecule has 0 saturated carbocycles. The summed E-state index contributed by atoms with van der Waals surface area (Å²) in [6, 6.07) is 6.19. The number of nitro groups is 1. The Morgan fingerprint density at radius 2 is 2.06 bits per heavy atom. The lowest BCUT2D eigenvalue weighted by Crippen LogP contribution is -2.53. The smallest absolute Gasteiger partial charge is 0.329 e. The highest BCUT2D eigenvalue weighted by atomic mass is 16.6. The van der Waals surface area contributed by atoms with Crippen molar-refractivity contribution >= 4 is 11.4 Å². The molecule has 0 amide bonds. The molecule has 0 bridgehead atoms. The van der Waals surface area contributed by atoms with Crippen LogP contribution in [0, 0.1) is 15.3 Å². The average Bonchev–Trinajstić information content (AvgIpc) is 2.33. The Hall–Kier alpha value is -1.46. The summed E-state index contributed by atoms with van der Waals surface area (Å²) in [5, 5.41) is 23.8. The summed E-state index contributed by atoms with van der Waals surface area (Å²) in [5.74, 6) is 0. The van der Waals surface area contributed by atoms with Gasteiger partial charge >= 0.3 is 5.69 Å². The molecule has 5 nitrogen and oxygen atoms in total. The fourth-order valence-corrected chi connectivity index (χ4v) is 2.51. The fourth-order valence-electron chi connectivity index (χ4n) is 2.51. The topological polar surface area (TPSA) is 66.2 Å². The van der Waals surface area contributed by atoms with Crippen molar-refractivity contribution < 1.29 is 4.92 Å². The fraction of sp³-hybridized carbons (Fsp3) is 0.500. The maximum atomic E-state index is 12.8. The molecule has 92 valence electrons. The molecule has 2 atom stereocenters. The standard InChI is InChI=1S/C12H16N2O3/c1-10-6-4-5-9-14(10,17)12-8-3-2-7-11(12)13(15)16/h2-3,7-8,10H,4-6,9H2,1H3. The Bertz CT molecular complexity index is 436. The van der Waals surface area contributed by atoms with Gasteiger partial charge in [0.1, 0.15) is 0 Å². The summed E-state index contributed by atoms with van der Waals surface area (Å²) in [7, 11) is 0. The molecule has 17 heavy (non-hydrogen) atoms. The third kappa shape index (κ3) is 2.03. The predicted octanol–water partition coefficient (Wildman–Crippen LogP) is 2.97. The molecule has 1 aliphatic rings. The van der Waals surface area contributed by atoms with Crippen LogP contribution in [0.25, 0.3) is 0 Å². The predicted molar refractivity (Wildman–Crippen MR) is 66.4 cm³/mol. The number of nitrogens with zero attached hydrogens (tertiary/aromatic N) is 2.